The smallest absolute Gasteiger partial charge is 0.339 e. The lowest BCUT2D eigenvalue weighted by Crippen LogP contribution is -2.39. The summed E-state index contributed by atoms with van der Waals surface area (Å²) in [5.74, 6) is 0.515. The number of aromatic nitrogens is 1. The summed E-state index contributed by atoms with van der Waals surface area (Å²) in [4.78, 5) is 18.4. The molecule has 21 heavy (non-hydrogen) atoms. The highest BCUT2D eigenvalue weighted by Crippen LogP contribution is 2.15. The number of carbonyl (C=O) groups is 1. The van der Waals surface area contributed by atoms with E-state index in [1.54, 1.807) is 19.2 Å². The third-order valence-electron chi connectivity index (χ3n) is 3.75. The summed E-state index contributed by atoms with van der Waals surface area (Å²) in [6.07, 6.45) is 5.07. The Morgan fingerprint density at radius 3 is 2.71 bits per heavy atom. The molecule has 1 saturated heterocycles. The Morgan fingerprint density at radius 1 is 1.38 bits per heavy atom. The van der Waals surface area contributed by atoms with E-state index in [0.717, 1.165) is 31.7 Å². The number of piperidine rings is 1. The minimum Gasteiger partial charge on any atom is -0.462 e. The van der Waals surface area contributed by atoms with Crippen molar-refractivity contribution in [3.8, 4) is 0 Å². The van der Waals surface area contributed by atoms with E-state index >= 15 is 0 Å². The van der Waals surface area contributed by atoms with Gasteiger partial charge in [0.05, 0.1) is 12.2 Å². The van der Waals surface area contributed by atoms with E-state index < -0.39 is 0 Å². The van der Waals surface area contributed by atoms with Gasteiger partial charge in [-0.05, 0) is 44.9 Å². The first kappa shape index (κ1) is 15.8. The zero-order valence-electron chi connectivity index (χ0n) is 13.0. The van der Waals surface area contributed by atoms with Crippen molar-refractivity contribution < 1.29 is 9.53 Å². The molecular formula is C16H25N3O2. The quantitative estimate of drug-likeness (QED) is 0.816. The summed E-state index contributed by atoms with van der Waals surface area (Å²) in [6.45, 7) is 7.89. The molecule has 1 N–H and O–H groups in total. The van der Waals surface area contributed by atoms with Gasteiger partial charge in [-0.25, -0.2) is 9.78 Å². The van der Waals surface area contributed by atoms with E-state index in [0.29, 0.717) is 18.2 Å². The molecular weight excluding hydrogens is 266 g/mol. The first-order chi connectivity index (χ1) is 10.2. The highest BCUT2D eigenvalue weighted by atomic mass is 16.5. The van der Waals surface area contributed by atoms with Gasteiger partial charge in [0.1, 0.15) is 5.82 Å². The zero-order valence-corrected chi connectivity index (χ0v) is 13.0. The molecule has 1 aromatic rings. The fraction of sp³-hybridized carbons (Fsp3) is 0.625. The molecule has 1 aliphatic heterocycles. The molecule has 0 aromatic carbocycles. The van der Waals surface area contributed by atoms with Crippen molar-refractivity contribution in [3.63, 3.8) is 0 Å². The molecule has 1 fully saturated rings. The summed E-state index contributed by atoms with van der Waals surface area (Å²) in [6, 6.07) is 4.09. The number of hydrogen-bond donors (Lipinski definition) is 1. The Bertz CT molecular complexity index is 439. The van der Waals surface area contributed by atoms with Gasteiger partial charge in [0, 0.05) is 25.3 Å². The largest absolute Gasteiger partial charge is 0.462 e. The van der Waals surface area contributed by atoms with Crippen molar-refractivity contribution in [2.24, 2.45) is 0 Å². The molecule has 1 aromatic heterocycles. The molecule has 0 bridgehead atoms. The van der Waals surface area contributed by atoms with Gasteiger partial charge < -0.3 is 15.0 Å². The Labute approximate surface area is 126 Å². The number of pyridine rings is 1. The predicted molar refractivity (Wildman–Crippen MR) is 83.6 cm³/mol. The second-order valence-electron chi connectivity index (χ2n) is 5.41. The number of ether oxygens (including phenoxy) is 1. The molecule has 1 aliphatic rings. The molecule has 116 valence electrons. The highest BCUT2D eigenvalue weighted by Gasteiger charge is 2.18. The van der Waals surface area contributed by atoms with Crippen LogP contribution in [0.1, 0.15) is 43.5 Å². The Balaban J connectivity index is 1.82. The zero-order chi connectivity index (χ0) is 15.1. The van der Waals surface area contributed by atoms with Crippen LogP contribution in [-0.2, 0) is 4.74 Å². The standard InChI is InChI=1S/C16H25N3O2/c1-3-9-19-10-7-14(8-11-19)18-15-6-5-13(12-17-15)16(20)21-4-2/h5-6,12,14H,3-4,7-11H2,1-2H3,(H,17,18). The van der Waals surface area contributed by atoms with Crippen molar-refractivity contribution in [2.75, 3.05) is 31.6 Å². The third-order valence-corrected chi connectivity index (χ3v) is 3.75. The maximum atomic E-state index is 11.6. The van der Waals surface area contributed by atoms with Crippen LogP contribution < -0.4 is 5.32 Å². The second-order valence-corrected chi connectivity index (χ2v) is 5.41. The molecule has 0 aliphatic carbocycles. The summed E-state index contributed by atoms with van der Waals surface area (Å²) < 4.78 is 4.95. The van der Waals surface area contributed by atoms with Crippen molar-refractivity contribution in [1.29, 1.82) is 0 Å². The molecule has 5 nitrogen and oxygen atoms in total. The lowest BCUT2D eigenvalue weighted by molar-refractivity contribution is 0.0526. The van der Waals surface area contributed by atoms with E-state index in [-0.39, 0.29) is 5.97 Å². The average molecular weight is 291 g/mol. The number of nitrogens with one attached hydrogen (secondary N) is 1. The van der Waals surface area contributed by atoms with Gasteiger partial charge in [-0.3, -0.25) is 0 Å². The maximum Gasteiger partial charge on any atom is 0.339 e. The van der Waals surface area contributed by atoms with Crippen molar-refractivity contribution >= 4 is 11.8 Å². The van der Waals surface area contributed by atoms with Crippen LogP contribution in [-0.4, -0.2) is 48.1 Å². The fourth-order valence-corrected chi connectivity index (χ4v) is 2.64. The van der Waals surface area contributed by atoms with Gasteiger partial charge in [-0.15, -0.1) is 0 Å². The highest BCUT2D eigenvalue weighted by molar-refractivity contribution is 5.89. The Hall–Kier alpha value is -1.62. The van der Waals surface area contributed by atoms with Crippen molar-refractivity contribution in [3.05, 3.63) is 23.9 Å². The van der Waals surface area contributed by atoms with E-state index in [1.165, 1.54) is 13.0 Å². The van der Waals surface area contributed by atoms with Crippen LogP contribution in [0.3, 0.4) is 0 Å². The molecule has 5 heteroatoms. The van der Waals surface area contributed by atoms with E-state index in [1.807, 2.05) is 6.07 Å². The van der Waals surface area contributed by atoms with E-state index in [9.17, 15) is 4.79 Å². The van der Waals surface area contributed by atoms with Gasteiger partial charge in [-0.1, -0.05) is 6.92 Å². The third kappa shape index (κ3) is 4.70. The molecule has 0 radical (unpaired) electrons. The lowest BCUT2D eigenvalue weighted by atomic mass is 10.0. The second kappa shape index (κ2) is 7.98. The van der Waals surface area contributed by atoms with Crippen LogP contribution in [0, 0.1) is 0 Å². The minimum atomic E-state index is -0.315. The maximum absolute atomic E-state index is 11.6. The molecule has 0 amide bonds. The number of hydrogen-bond acceptors (Lipinski definition) is 5. The normalized spacial score (nSPS) is 16.7. The number of esters is 1. The van der Waals surface area contributed by atoms with Crippen LogP contribution in [0.25, 0.3) is 0 Å². The van der Waals surface area contributed by atoms with Crippen LogP contribution in [0.2, 0.25) is 0 Å². The van der Waals surface area contributed by atoms with Crippen LogP contribution >= 0.6 is 0 Å². The predicted octanol–water partition coefficient (Wildman–Crippen LogP) is 2.54. The van der Waals surface area contributed by atoms with E-state index in [2.05, 4.69) is 22.1 Å². The van der Waals surface area contributed by atoms with Gasteiger partial charge in [0.15, 0.2) is 0 Å². The van der Waals surface area contributed by atoms with Crippen molar-refractivity contribution in [2.45, 2.75) is 39.2 Å². The molecule has 0 unspecified atom stereocenters. The number of carbonyl (C=O) groups excluding carboxylic acids is 1. The number of nitrogens with zero attached hydrogens (tertiary/aromatic N) is 2. The summed E-state index contributed by atoms with van der Waals surface area (Å²) >= 11 is 0. The molecule has 2 rings (SSSR count). The molecule has 0 atom stereocenters. The monoisotopic (exact) mass is 291 g/mol. The van der Waals surface area contributed by atoms with Crippen molar-refractivity contribution in [1.82, 2.24) is 9.88 Å². The van der Waals surface area contributed by atoms with E-state index in [4.69, 9.17) is 4.74 Å². The van der Waals surface area contributed by atoms with Gasteiger partial charge in [0.25, 0.3) is 0 Å². The SMILES string of the molecule is CCCN1CCC(Nc2ccc(C(=O)OCC)cn2)CC1. The van der Waals surface area contributed by atoms with Gasteiger partial charge >= 0.3 is 5.97 Å². The number of likely N-dealkylation sites (tertiary alicyclic amines) is 1. The van der Waals surface area contributed by atoms with Crippen LogP contribution in [0.5, 0.6) is 0 Å². The fourth-order valence-electron chi connectivity index (χ4n) is 2.64. The molecule has 0 spiro atoms. The van der Waals surface area contributed by atoms with Crippen LogP contribution in [0.15, 0.2) is 18.3 Å². The first-order valence-electron chi connectivity index (χ1n) is 7.85. The van der Waals surface area contributed by atoms with Gasteiger partial charge in [-0.2, -0.15) is 0 Å². The number of rotatable bonds is 6. The Morgan fingerprint density at radius 2 is 2.14 bits per heavy atom. The Kier molecular flexibility index (Phi) is 5.99. The minimum absolute atomic E-state index is 0.315. The van der Waals surface area contributed by atoms with Gasteiger partial charge in [0.2, 0.25) is 0 Å². The summed E-state index contributed by atoms with van der Waals surface area (Å²) in [5, 5.41) is 3.45. The first-order valence-corrected chi connectivity index (χ1v) is 7.85. The summed E-state index contributed by atoms with van der Waals surface area (Å²) in [5.41, 5.74) is 0.500. The molecule has 2 heterocycles. The number of anilines is 1. The van der Waals surface area contributed by atoms with Crippen LogP contribution in [0.4, 0.5) is 5.82 Å². The average Bonchev–Trinajstić information content (AvgIpc) is 2.50. The lowest BCUT2D eigenvalue weighted by Gasteiger charge is -2.32. The molecule has 0 saturated carbocycles. The topological polar surface area (TPSA) is 54.5 Å². The summed E-state index contributed by atoms with van der Waals surface area (Å²) in [7, 11) is 0.